The first-order valence-corrected chi connectivity index (χ1v) is 11.1. The van der Waals surface area contributed by atoms with Crippen LogP contribution in [0.15, 0.2) is 70.7 Å². The zero-order valence-corrected chi connectivity index (χ0v) is 19.4. The number of carbonyl (C=O) groups excluding carboxylic acids is 2. The number of para-hydroxylation sites is 1. The van der Waals surface area contributed by atoms with Crippen molar-refractivity contribution in [3.05, 3.63) is 82.0 Å². The van der Waals surface area contributed by atoms with Gasteiger partial charge in [0.2, 0.25) is 0 Å². The van der Waals surface area contributed by atoms with Gasteiger partial charge in [-0.15, -0.1) is 0 Å². The van der Waals surface area contributed by atoms with Crippen molar-refractivity contribution in [2.75, 3.05) is 11.4 Å². The van der Waals surface area contributed by atoms with E-state index in [2.05, 4.69) is 0 Å². The molecule has 0 bridgehead atoms. The van der Waals surface area contributed by atoms with Crippen LogP contribution in [0.4, 0.5) is 5.69 Å². The second-order valence-electron chi connectivity index (χ2n) is 7.10. The number of furan rings is 1. The van der Waals surface area contributed by atoms with Crippen LogP contribution in [0.5, 0.6) is 0 Å². The fourth-order valence-corrected chi connectivity index (χ4v) is 4.27. The van der Waals surface area contributed by atoms with E-state index in [1.807, 2.05) is 25.1 Å². The quantitative estimate of drug-likeness (QED) is 0.245. The van der Waals surface area contributed by atoms with E-state index >= 15 is 0 Å². The molecule has 1 aliphatic heterocycles. The number of nitrogens with zero attached hydrogens (tertiary/aromatic N) is 2. The van der Waals surface area contributed by atoms with Crippen molar-refractivity contribution in [2.24, 2.45) is 0 Å². The van der Waals surface area contributed by atoms with E-state index in [9.17, 15) is 9.59 Å². The minimum Gasteiger partial charge on any atom is -0.457 e. The number of hydrogen-bond donors (Lipinski definition) is 0. The number of thiocarbonyl (C=S) groups is 1. The molecule has 1 aromatic heterocycles. The highest BCUT2D eigenvalue weighted by atomic mass is 35.5. The average Bonchev–Trinajstić information content (AvgIpc) is 3.23. The van der Waals surface area contributed by atoms with Crippen molar-refractivity contribution >= 4 is 64.1 Å². The highest BCUT2D eigenvalue weighted by Crippen LogP contribution is 2.33. The molecule has 2 amide bonds. The van der Waals surface area contributed by atoms with Crippen LogP contribution in [0.3, 0.4) is 0 Å². The van der Waals surface area contributed by atoms with Crippen molar-refractivity contribution in [1.29, 1.82) is 0 Å². The van der Waals surface area contributed by atoms with Gasteiger partial charge in [0.1, 0.15) is 17.1 Å². The summed E-state index contributed by atoms with van der Waals surface area (Å²) in [4.78, 5) is 29.3. The molecule has 5 nitrogen and oxygen atoms in total. The Bertz CT molecular complexity index is 1240. The Morgan fingerprint density at radius 2 is 1.75 bits per heavy atom. The first kappa shape index (κ1) is 22.3. The standard InChI is InChI=1S/C24H18Cl2N2O3S/c1-2-12-27-22(29)19(23(30)28(24(27)32)16-6-4-3-5-7-16)14-17-9-11-21(31-17)18-10-8-15(25)13-20(18)26/h3-11,13-14H,2,12H2,1H3/b19-14-. The molecule has 0 spiro atoms. The normalized spacial score (nSPS) is 15.7. The van der Waals surface area contributed by atoms with Gasteiger partial charge in [-0.25, -0.2) is 0 Å². The molecule has 3 aromatic rings. The van der Waals surface area contributed by atoms with E-state index in [0.717, 1.165) is 0 Å². The lowest BCUT2D eigenvalue weighted by molar-refractivity contribution is -0.127. The molecule has 0 atom stereocenters. The molecule has 1 saturated heterocycles. The van der Waals surface area contributed by atoms with Crippen LogP contribution < -0.4 is 4.90 Å². The van der Waals surface area contributed by atoms with E-state index in [4.69, 9.17) is 39.8 Å². The Kier molecular flexibility index (Phi) is 6.46. The Balaban J connectivity index is 1.74. The lowest BCUT2D eigenvalue weighted by atomic mass is 10.1. The third-order valence-electron chi connectivity index (χ3n) is 4.90. The number of benzene rings is 2. The van der Waals surface area contributed by atoms with E-state index in [-0.39, 0.29) is 10.7 Å². The molecule has 2 aromatic carbocycles. The van der Waals surface area contributed by atoms with Crippen molar-refractivity contribution in [3.8, 4) is 11.3 Å². The van der Waals surface area contributed by atoms with E-state index < -0.39 is 11.8 Å². The molecule has 0 radical (unpaired) electrons. The average molecular weight is 485 g/mol. The predicted octanol–water partition coefficient (Wildman–Crippen LogP) is 6.21. The van der Waals surface area contributed by atoms with Crippen LogP contribution in [-0.4, -0.2) is 28.4 Å². The fraction of sp³-hybridized carbons (Fsp3) is 0.125. The molecule has 1 aliphatic rings. The molecule has 32 heavy (non-hydrogen) atoms. The van der Waals surface area contributed by atoms with Gasteiger partial charge in [0.15, 0.2) is 5.11 Å². The number of carbonyl (C=O) groups is 2. The fourth-order valence-electron chi connectivity index (χ4n) is 3.41. The summed E-state index contributed by atoms with van der Waals surface area (Å²) in [7, 11) is 0. The summed E-state index contributed by atoms with van der Waals surface area (Å²) in [5, 5.41) is 1.11. The maximum Gasteiger partial charge on any atom is 0.270 e. The molecular formula is C24H18Cl2N2O3S. The Labute approximate surface area is 200 Å². The van der Waals surface area contributed by atoms with Gasteiger partial charge in [0.05, 0.1) is 10.7 Å². The minimum atomic E-state index is -0.499. The van der Waals surface area contributed by atoms with E-state index in [0.29, 0.717) is 45.8 Å². The van der Waals surface area contributed by atoms with Gasteiger partial charge in [0, 0.05) is 17.1 Å². The first-order chi connectivity index (χ1) is 15.4. The Morgan fingerprint density at radius 1 is 1.00 bits per heavy atom. The van der Waals surface area contributed by atoms with Crippen LogP contribution in [0.1, 0.15) is 19.1 Å². The minimum absolute atomic E-state index is 0.0287. The molecule has 1 fully saturated rings. The SMILES string of the molecule is CCCN1C(=O)/C(=C/c2ccc(-c3ccc(Cl)cc3Cl)o2)C(=O)N(c2ccccc2)C1=S. The molecule has 0 aliphatic carbocycles. The second-order valence-corrected chi connectivity index (χ2v) is 8.31. The molecule has 0 saturated carbocycles. The number of rotatable bonds is 5. The monoisotopic (exact) mass is 484 g/mol. The summed E-state index contributed by atoms with van der Waals surface area (Å²) in [6, 6.07) is 17.5. The third-order valence-corrected chi connectivity index (χ3v) is 5.85. The van der Waals surface area contributed by atoms with Gasteiger partial charge < -0.3 is 4.42 Å². The topological polar surface area (TPSA) is 53.8 Å². The first-order valence-electron chi connectivity index (χ1n) is 9.93. The molecule has 162 valence electrons. The van der Waals surface area contributed by atoms with Crippen LogP contribution in [0, 0.1) is 0 Å². The maximum absolute atomic E-state index is 13.3. The number of hydrogen-bond acceptors (Lipinski definition) is 4. The summed E-state index contributed by atoms with van der Waals surface area (Å²) in [5.74, 6) is -0.104. The molecule has 4 rings (SSSR count). The number of anilines is 1. The van der Waals surface area contributed by atoms with Crippen molar-refractivity contribution < 1.29 is 14.0 Å². The smallest absolute Gasteiger partial charge is 0.270 e. The van der Waals surface area contributed by atoms with Crippen molar-refractivity contribution in [3.63, 3.8) is 0 Å². The van der Waals surface area contributed by atoms with Gasteiger partial charge in [-0.3, -0.25) is 19.4 Å². The van der Waals surface area contributed by atoms with Gasteiger partial charge >= 0.3 is 0 Å². The maximum atomic E-state index is 13.3. The van der Waals surface area contributed by atoms with Gasteiger partial charge in [-0.1, -0.05) is 48.3 Å². The Morgan fingerprint density at radius 3 is 2.44 bits per heavy atom. The summed E-state index contributed by atoms with van der Waals surface area (Å²) in [6.07, 6.45) is 2.13. The van der Waals surface area contributed by atoms with Crippen LogP contribution in [0.2, 0.25) is 10.0 Å². The lowest BCUT2D eigenvalue weighted by Gasteiger charge is -2.36. The summed E-state index contributed by atoms with van der Waals surface area (Å²) >= 11 is 17.7. The predicted molar refractivity (Wildman–Crippen MR) is 131 cm³/mol. The summed E-state index contributed by atoms with van der Waals surface area (Å²) in [5.41, 5.74) is 1.22. The van der Waals surface area contributed by atoms with Crippen molar-refractivity contribution in [1.82, 2.24) is 4.90 Å². The van der Waals surface area contributed by atoms with Gasteiger partial charge in [0.25, 0.3) is 11.8 Å². The van der Waals surface area contributed by atoms with Gasteiger partial charge in [-0.2, -0.15) is 0 Å². The van der Waals surface area contributed by atoms with Gasteiger partial charge in [-0.05, 0) is 67.2 Å². The third kappa shape index (κ3) is 4.21. The number of amides is 2. The highest BCUT2D eigenvalue weighted by molar-refractivity contribution is 7.80. The molecule has 0 unspecified atom stereocenters. The van der Waals surface area contributed by atoms with Crippen LogP contribution in [0.25, 0.3) is 17.4 Å². The molecule has 2 heterocycles. The highest BCUT2D eigenvalue weighted by Gasteiger charge is 2.40. The molecule has 0 N–H and O–H groups in total. The van der Waals surface area contributed by atoms with E-state index in [1.165, 1.54) is 15.9 Å². The Hall–Kier alpha value is -2.93. The van der Waals surface area contributed by atoms with Crippen LogP contribution >= 0.6 is 35.4 Å². The van der Waals surface area contributed by atoms with Crippen LogP contribution in [-0.2, 0) is 9.59 Å². The number of halogens is 2. The molecule has 8 heteroatoms. The lowest BCUT2D eigenvalue weighted by Crippen LogP contribution is -2.56. The van der Waals surface area contributed by atoms with Crippen molar-refractivity contribution in [2.45, 2.75) is 13.3 Å². The summed E-state index contributed by atoms with van der Waals surface area (Å²) < 4.78 is 5.87. The zero-order valence-electron chi connectivity index (χ0n) is 17.0. The summed E-state index contributed by atoms with van der Waals surface area (Å²) in [6.45, 7) is 2.34. The largest absolute Gasteiger partial charge is 0.457 e. The zero-order chi connectivity index (χ0) is 22.8. The second kappa shape index (κ2) is 9.28. The molecular weight excluding hydrogens is 467 g/mol. The van der Waals surface area contributed by atoms with E-state index in [1.54, 1.807) is 42.5 Å².